The number of benzene rings is 1. The fourth-order valence-electron chi connectivity index (χ4n) is 6.90. The van der Waals surface area contributed by atoms with Crippen LogP contribution in [0.5, 0.6) is 0 Å². The average Bonchev–Trinajstić information content (AvgIpc) is 3.58. The van der Waals surface area contributed by atoms with Crippen LogP contribution >= 0.6 is 11.6 Å². The van der Waals surface area contributed by atoms with E-state index in [4.69, 9.17) is 16.3 Å². The topological polar surface area (TPSA) is 113 Å². The van der Waals surface area contributed by atoms with Crippen molar-refractivity contribution in [1.82, 2.24) is 36.0 Å². The van der Waals surface area contributed by atoms with Crippen LogP contribution in [0.2, 0.25) is 5.02 Å². The molecule has 1 aromatic rings. The molecule has 0 aromatic heterocycles. The van der Waals surface area contributed by atoms with Gasteiger partial charge in [-0.3, -0.25) is 4.79 Å². The van der Waals surface area contributed by atoms with Gasteiger partial charge in [0.1, 0.15) is 17.0 Å². The molecule has 4 N–H and O–H groups in total. The van der Waals surface area contributed by atoms with Gasteiger partial charge in [-0.2, -0.15) is 0 Å². The summed E-state index contributed by atoms with van der Waals surface area (Å²) < 4.78 is 5.69. The predicted octanol–water partition coefficient (Wildman–Crippen LogP) is 2.71. The van der Waals surface area contributed by atoms with Crippen LogP contribution in [0.15, 0.2) is 52.9 Å². The first-order valence-electron chi connectivity index (χ1n) is 15.7. The molecule has 1 unspecified atom stereocenters. The molecule has 0 bridgehead atoms. The number of carbonyl (C=O) groups excluding carboxylic acids is 2. The molecule has 44 heavy (non-hydrogen) atoms. The minimum atomic E-state index is -1.09. The summed E-state index contributed by atoms with van der Waals surface area (Å²) in [4.78, 5) is 39.2. The van der Waals surface area contributed by atoms with E-state index in [1.165, 1.54) is 0 Å². The maximum Gasteiger partial charge on any atom is 0.408 e. The van der Waals surface area contributed by atoms with Gasteiger partial charge in [0.25, 0.3) is 0 Å². The number of nitrogens with zero attached hydrogens (tertiary/aromatic N) is 4. The van der Waals surface area contributed by atoms with Crippen LogP contribution in [0.3, 0.4) is 0 Å². The van der Waals surface area contributed by atoms with Crippen molar-refractivity contribution in [3.05, 3.63) is 58.5 Å². The third-order valence-electron chi connectivity index (χ3n) is 9.51. The summed E-state index contributed by atoms with van der Waals surface area (Å²) in [6, 6.07) is 7.86. The summed E-state index contributed by atoms with van der Waals surface area (Å²) in [6.45, 7) is 14.1. The molecule has 2 atom stereocenters. The van der Waals surface area contributed by atoms with Gasteiger partial charge < -0.3 is 40.7 Å². The van der Waals surface area contributed by atoms with E-state index in [9.17, 15) is 9.59 Å². The molecular weight excluding hydrogens is 580 g/mol. The Morgan fingerprint density at radius 3 is 2.48 bits per heavy atom. The van der Waals surface area contributed by atoms with Crippen LogP contribution in [0.4, 0.5) is 4.79 Å². The number of amides is 2. The lowest BCUT2D eigenvalue weighted by Gasteiger charge is -2.44. The van der Waals surface area contributed by atoms with E-state index in [1.54, 1.807) is 6.34 Å². The number of alkyl carbamates (subject to hydrolysis) is 1. The minimum absolute atomic E-state index is 0.0543. The smallest absolute Gasteiger partial charge is 0.408 e. The SMILES string of the molecule is CC(C)(C)OC(=O)NC1(C(=O)N2C[C@@]2(CCN2CCNCC2)c2ccc(Cl)cc2)CCN(C2=C3C=CNC3(C)N=CN2)CC1. The number of halogens is 1. The number of hydrogen-bond donors (Lipinski definition) is 4. The fourth-order valence-corrected chi connectivity index (χ4v) is 7.03. The second-order valence-corrected chi connectivity index (χ2v) is 14.1. The standard InChI is InChI=1S/C32H45ClN8O3/c1-29(2,3)44-28(43)38-31(10-17-40(18-11-31)26-25-9-13-36-30(25,4)37-22-35-26)27(42)41-21-32(41,23-5-7-24(33)8-6-23)12-16-39-19-14-34-15-20-39/h5-9,13,22,34,36H,10-12,14-21H2,1-4H3,(H,35,37)(H,38,43)/t30?,32-,41?/m0/s1. The number of aliphatic imine (C=N–C) groups is 1. The second kappa shape index (κ2) is 11.6. The van der Waals surface area contributed by atoms with Gasteiger partial charge in [-0.1, -0.05) is 23.7 Å². The number of piperazine rings is 1. The Morgan fingerprint density at radius 2 is 1.80 bits per heavy atom. The van der Waals surface area contributed by atoms with Crippen LogP contribution in [0.1, 0.15) is 52.5 Å². The zero-order valence-corrected chi connectivity index (χ0v) is 27.0. The minimum Gasteiger partial charge on any atom is -0.444 e. The van der Waals surface area contributed by atoms with E-state index in [1.807, 2.05) is 69.1 Å². The lowest BCUT2D eigenvalue weighted by Crippen LogP contribution is -2.63. The van der Waals surface area contributed by atoms with Gasteiger partial charge >= 0.3 is 6.09 Å². The molecular formula is C32H45ClN8O3. The van der Waals surface area contributed by atoms with Gasteiger partial charge in [0.2, 0.25) is 5.91 Å². The molecule has 6 rings (SSSR count). The monoisotopic (exact) mass is 624 g/mol. The summed E-state index contributed by atoms with van der Waals surface area (Å²) in [7, 11) is 0. The number of nitrogens with one attached hydrogen (secondary N) is 4. The second-order valence-electron chi connectivity index (χ2n) is 13.7. The van der Waals surface area contributed by atoms with Crippen LogP contribution in [-0.4, -0.2) is 102 Å². The summed E-state index contributed by atoms with van der Waals surface area (Å²) >= 11 is 6.27. The zero-order chi connectivity index (χ0) is 31.2. The number of piperidine rings is 1. The quantitative estimate of drug-likeness (QED) is 0.343. The molecule has 0 saturated carbocycles. The average molecular weight is 625 g/mol. The molecule has 5 aliphatic rings. The number of fused-ring (bicyclic) bond motifs is 1. The van der Waals surface area contributed by atoms with E-state index >= 15 is 0 Å². The van der Waals surface area contributed by atoms with E-state index in [0.29, 0.717) is 37.5 Å². The largest absolute Gasteiger partial charge is 0.444 e. The first kappa shape index (κ1) is 30.7. The Balaban J connectivity index is 1.26. The van der Waals surface area contributed by atoms with E-state index in [0.717, 1.165) is 56.1 Å². The summed E-state index contributed by atoms with van der Waals surface area (Å²) in [5.74, 6) is 0.918. The van der Waals surface area contributed by atoms with Crippen LogP contribution in [0.25, 0.3) is 0 Å². The van der Waals surface area contributed by atoms with Gasteiger partial charge in [0.05, 0.1) is 11.9 Å². The van der Waals surface area contributed by atoms with Gasteiger partial charge in [0.15, 0.2) is 5.66 Å². The number of carbonyl (C=O) groups is 2. The highest BCUT2D eigenvalue weighted by molar-refractivity contribution is 6.30. The third kappa shape index (κ3) is 6.01. The Morgan fingerprint density at radius 1 is 1.09 bits per heavy atom. The summed E-state index contributed by atoms with van der Waals surface area (Å²) in [6.07, 6.45) is 6.81. The molecule has 11 nitrogen and oxygen atoms in total. The molecule has 12 heteroatoms. The highest BCUT2D eigenvalue weighted by atomic mass is 35.5. The maximum atomic E-state index is 14.7. The van der Waals surface area contributed by atoms with Gasteiger partial charge in [-0.05, 0) is 76.9 Å². The van der Waals surface area contributed by atoms with E-state index in [2.05, 4.69) is 36.1 Å². The molecule has 238 valence electrons. The van der Waals surface area contributed by atoms with Crippen LogP contribution in [0, 0.1) is 0 Å². The Hall–Kier alpha value is -3.28. The summed E-state index contributed by atoms with van der Waals surface area (Å²) in [5.41, 5.74) is -0.604. The first-order chi connectivity index (χ1) is 20.9. The van der Waals surface area contributed by atoms with Crippen LogP contribution < -0.4 is 21.3 Å². The van der Waals surface area contributed by atoms with Crippen molar-refractivity contribution in [2.75, 3.05) is 52.4 Å². The third-order valence-corrected chi connectivity index (χ3v) is 9.76. The van der Waals surface area contributed by atoms with Crippen molar-refractivity contribution >= 4 is 29.9 Å². The number of hydrogen-bond acceptors (Lipinski definition) is 9. The lowest BCUT2D eigenvalue weighted by atomic mass is 9.85. The van der Waals surface area contributed by atoms with Crippen molar-refractivity contribution in [3.63, 3.8) is 0 Å². The van der Waals surface area contributed by atoms with Crippen molar-refractivity contribution in [3.8, 4) is 0 Å². The molecule has 3 fully saturated rings. The highest BCUT2D eigenvalue weighted by Gasteiger charge is 2.61. The number of ether oxygens (including phenoxy) is 1. The predicted molar refractivity (Wildman–Crippen MR) is 171 cm³/mol. The Bertz CT molecular complexity index is 1360. The molecule has 0 aliphatic carbocycles. The zero-order valence-electron chi connectivity index (χ0n) is 26.2. The Labute approximate surface area is 265 Å². The van der Waals surface area contributed by atoms with Crippen molar-refractivity contribution in [1.29, 1.82) is 0 Å². The molecule has 5 heterocycles. The molecule has 0 radical (unpaired) electrons. The van der Waals surface area contributed by atoms with Gasteiger partial charge in [0, 0.05) is 63.0 Å². The fraction of sp³-hybridized carbons (Fsp3) is 0.594. The van der Waals surface area contributed by atoms with Gasteiger partial charge in [-0.25, -0.2) is 9.79 Å². The van der Waals surface area contributed by atoms with Gasteiger partial charge in [-0.15, -0.1) is 0 Å². The Kier molecular flexibility index (Phi) is 8.09. The summed E-state index contributed by atoms with van der Waals surface area (Å²) in [5, 5.41) is 13.8. The van der Waals surface area contributed by atoms with E-state index < -0.39 is 28.4 Å². The highest BCUT2D eigenvalue weighted by Crippen LogP contribution is 2.48. The molecule has 0 spiro atoms. The number of likely N-dealkylation sites (tertiary alicyclic amines) is 1. The van der Waals surface area contributed by atoms with E-state index in [-0.39, 0.29) is 5.91 Å². The maximum absolute atomic E-state index is 14.7. The molecule has 2 amide bonds. The molecule has 5 aliphatic heterocycles. The normalized spacial score (nSPS) is 27.8. The van der Waals surface area contributed by atoms with Crippen LogP contribution in [-0.2, 0) is 15.1 Å². The lowest BCUT2D eigenvalue weighted by molar-refractivity contribution is -0.136. The van der Waals surface area contributed by atoms with Crippen molar-refractivity contribution < 1.29 is 14.3 Å². The van der Waals surface area contributed by atoms with Crippen molar-refractivity contribution in [2.24, 2.45) is 4.99 Å². The van der Waals surface area contributed by atoms with Crippen molar-refractivity contribution in [2.45, 2.75) is 69.3 Å². The number of rotatable bonds is 7. The first-order valence-corrected chi connectivity index (χ1v) is 16.1. The molecule has 3 saturated heterocycles. The molecule has 1 aromatic carbocycles.